The molecule has 0 spiro atoms. The van der Waals surface area contributed by atoms with E-state index < -0.39 is 85.1 Å². The van der Waals surface area contributed by atoms with E-state index in [1.54, 1.807) is 28.1 Å². The van der Waals surface area contributed by atoms with Crippen LogP contribution in [-0.4, -0.2) is 139 Å². The number of Topliss-reactive ketones (excluding diaryl/α,β-unsaturated/α-hetero) is 1. The van der Waals surface area contributed by atoms with Gasteiger partial charge < -0.3 is 49.2 Å². The molecule has 13 atom stereocenters. The fourth-order valence-electron chi connectivity index (χ4n) is 8.78. The van der Waals surface area contributed by atoms with Gasteiger partial charge in [-0.2, -0.15) is 12.6 Å². The number of rotatable bonds is 8. The van der Waals surface area contributed by atoms with Crippen LogP contribution in [0.4, 0.5) is 0 Å². The SMILES string of the molecule is CO[C@H]1C[C@@H](C)NC(=O)C(=O)N2CCCC[C@H]2C(=O)OC(/C(C)=C/[C@@H]2CC[C@@H](O)[C@H](OC)C2)C(C)[C@H](O)CC(=O)[C@@H](CS)/C=C(/C)C[C@@H](C)C[C@@H](OC)[C@H]1OCO. The van der Waals surface area contributed by atoms with Gasteiger partial charge in [0.15, 0.2) is 0 Å². The van der Waals surface area contributed by atoms with E-state index in [9.17, 15) is 34.5 Å². The molecule has 0 aromatic heterocycles. The Morgan fingerprint density at radius 2 is 1.60 bits per heavy atom. The van der Waals surface area contributed by atoms with Crippen LogP contribution in [-0.2, 0) is 42.9 Å². The second-order valence-corrected chi connectivity index (χ2v) is 16.9. The average Bonchev–Trinajstić information content (AvgIpc) is 3.18. The lowest BCUT2D eigenvalue weighted by Gasteiger charge is -2.37. The van der Waals surface area contributed by atoms with Crippen LogP contribution >= 0.6 is 12.6 Å². The highest BCUT2D eigenvalue weighted by Crippen LogP contribution is 2.32. The molecule has 4 N–H and O–H groups in total. The molecule has 3 aliphatic rings. The number of nitrogens with one attached hydrogen (secondary N) is 1. The molecular weight excluding hydrogens is 757 g/mol. The van der Waals surface area contributed by atoms with E-state index in [1.165, 1.54) is 12.0 Å². The first-order chi connectivity index (χ1) is 27.1. The zero-order valence-electron chi connectivity index (χ0n) is 35.3. The molecule has 1 saturated heterocycles. The highest BCUT2D eigenvalue weighted by Gasteiger charge is 2.41. The van der Waals surface area contributed by atoms with Gasteiger partial charge in [-0.3, -0.25) is 14.4 Å². The molecule has 15 heteroatoms. The van der Waals surface area contributed by atoms with Gasteiger partial charge in [0.2, 0.25) is 0 Å². The van der Waals surface area contributed by atoms with Gasteiger partial charge in [0.05, 0.1) is 30.5 Å². The molecule has 14 nitrogen and oxygen atoms in total. The Labute approximate surface area is 344 Å². The Hall–Kier alpha value is -2.37. The van der Waals surface area contributed by atoms with Crippen LogP contribution in [0.2, 0.25) is 0 Å². The summed E-state index contributed by atoms with van der Waals surface area (Å²) in [7, 11) is 4.62. The zero-order chi connectivity index (χ0) is 42.4. The van der Waals surface area contributed by atoms with Crippen molar-refractivity contribution in [3.8, 4) is 0 Å². The fraction of sp³-hybridized carbons (Fsp3) is 0.810. The molecule has 2 aliphatic heterocycles. The minimum Gasteiger partial charge on any atom is -0.456 e. The lowest BCUT2D eigenvalue weighted by atomic mass is 9.82. The van der Waals surface area contributed by atoms with Crippen molar-refractivity contribution in [2.75, 3.05) is 40.4 Å². The summed E-state index contributed by atoms with van der Waals surface area (Å²) in [4.78, 5) is 56.4. The van der Waals surface area contributed by atoms with Crippen molar-refractivity contribution < 1.29 is 58.2 Å². The molecule has 1 saturated carbocycles. The van der Waals surface area contributed by atoms with Crippen molar-refractivity contribution in [3.05, 3.63) is 23.3 Å². The summed E-state index contributed by atoms with van der Waals surface area (Å²) in [6.07, 6.45) is 3.41. The maximum atomic E-state index is 14.2. The molecule has 0 bridgehead atoms. The number of piperidine rings is 1. The number of carbonyl (C=O) groups excluding carboxylic acids is 4. The zero-order valence-corrected chi connectivity index (χ0v) is 36.2. The number of nitrogens with zero attached hydrogens (tertiary/aromatic N) is 1. The summed E-state index contributed by atoms with van der Waals surface area (Å²) in [6.45, 7) is 8.89. The van der Waals surface area contributed by atoms with E-state index in [2.05, 4.69) is 24.9 Å². The number of ether oxygens (including phenoxy) is 5. The first-order valence-corrected chi connectivity index (χ1v) is 21.2. The summed E-state index contributed by atoms with van der Waals surface area (Å²) in [5.74, 6) is -3.65. The summed E-state index contributed by atoms with van der Waals surface area (Å²) >= 11 is 4.50. The average molecular weight is 827 g/mol. The van der Waals surface area contributed by atoms with Crippen molar-refractivity contribution in [1.82, 2.24) is 10.2 Å². The Kier molecular flexibility index (Phi) is 20.7. The number of fused-ring (bicyclic) bond motifs is 1. The number of ketones is 1. The summed E-state index contributed by atoms with van der Waals surface area (Å²) in [5.41, 5.74) is 1.63. The molecule has 57 heavy (non-hydrogen) atoms. The largest absolute Gasteiger partial charge is 0.456 e. The molecule has 2 fully saturated rings. The van der Waals surface area contributed by atoms with Gasteiger partial charge in [-0.05, 0) is 96.0 Å². The molecule has 326 valence electrons. The third kappa shape index (κ3) is 14.1. The van der Waals surface area contributed by atoms with Crippen LogP contribution in [0, 0.1) is 23.7 Å². The Bertz CT molecular complexity index is 1380. The van der Waals surface area contributed by atoms with Crippen LogP contribution in [0.25, 0.3) is 0 Å². The highest BCUT2D eigenvalue weighted by atomic mass is 32.1. The predicted octanol–water partition coefficient (Wildman–Crippen LogP) is 3.54. The van der Waals surface area contributed by atoms with Gasteiger partial charge in [0, 0.05) is 57.9 Å². The van der Waals surface area contributed by atoms with E-state index in [4.69, 9.17) is 23.7 Å². The smallest absolute Gasteiger partial charge is 0.329 e. The molecule has 0 aromatic rings. The van der Waals surface area contributed by atoms with Crippen LogP contribution in [0.1, 0.15) is 98.8 Å². The van der Waals surface area contributed by atoms with E-state index in [1.807, 2.05) is 26.0 Å². The second kappa shape index (κ2) is 24.0. The quantitative estimate of drug-likeness (QED) is 0.0789. The van der Waals surface area contributed by atoms with Crippen LogP contribution in [0.3, 0.4) is 0 Å². The normalized spacial score (nSPS) is 37.8. The van der Waals surface area contributed by atoms with Crippen LogP contribution in [0.5, 0.6) is 0 Å². The Morgan fingerprint density at radius 1 is 0.930 bits per heavy atom. The van der Waals surface area contributed by atoms with Crippen LogP contribution < -0.4 is 5.32 Å². The number of allylic oxidation sites excluding steroid dienone is 3. The van der Waals surface area contributed by atoms with E-state index in [-0.39, 0.29) is 55.3 Å². The van der Waals surface area contributed by atoms with Crippen molar-refractivity contribution in [2.45, 2.75) is 154 Å². The first kappa shape index (κ1) is 49.0. The second-order valence-electron chi connectivity index (χ2n) is 16.6. The molecule has 3 rings (SSSR count). The molecule has 2 amide bonds. The van der Waals surface area contributed by atoms with Gasteiger partial charge in [-0.15, -0.1) is 0 Å². The lowest BCUT2D eigenvalue weighted by molar-refractivity contribution is -0.165. The molecule has 0 aromatic carbocycles. The standard InChI is InChI=1S/C42H70N2O12S/c1-24-15-25(2)17-36(53-7)39(55-23-45)37(54-8)19-27(4)43-40(49)41(50)44-14-10-9-11-31(44)42(51)56-38(28(5)33(47)21-34(48)30(16-24)22-57)26(3)18-29-12-13-32(46)35(20-29)52-6/h16,18,25,27-33,35-39,45-47,57H,9-15,17,19-23H2,1-8H3,(H,43,49)/b24-16-,26-18+/t25-,27-,28?,29+,30-,31+,32-,33-,35-,36-,37+,38?,39-/m1/s1. The van der Waals surface area contributed by atoms with Gasteiger partial charge in [0.25, 0.3) is 0 Å². The van der Waals surface area contributed by atoms with E-state index >= 15 is 0 Å². The third-order valence-corrected chi connectivity index (χ3v) is 12.4. The molecular formula is C42H70N2O12S. The van der Waals surface area contributed by atoms with Crippen molar-refractivity contribution >= 4 is 36.2 Å². The van der Waals surface area contributed by atoms with Crippen molar-refractivity contribution in [1.29, 1.82) is 0 Å². The number of aliphatic hydroxyl groups excluding tert-OH is 3. The number of thiol groups is 1. The molecule has 0 radical (unpaired) electrons. The topological polar surface area (TPSA) is 190 Å². The Balaban J connectivity index is 2.04. The summed E-state index contributed by atoms with van der Waals surface area (Å²) in [6, 6.07) is -1.61. The number of hydrogen-bond acceptors (Lipinski definition) is 13. The van der Waals surface area contributed by atoms with Crippen molar-refractivity contribution in [2.24, 2.45) is 23.7 Å². The van der Waals surface area contributed by atoms with Gasteiger partial charge in [0.1, 0.15) is 30.8 Å². The minimum absolute atomic E-state index is 0.00596. The molecule has 2 heterocycles. The van der Waals surface area contributed by atoms with Crippen molar-refractivity contribution in [3.63, 3.8) is 0 Å². The first-order valence-electron chi connectivity index (χ1n) is 20.6. The van der Waals surface area contributed by atoms with Gasteiger partial charge in [-0.25, -0.2) is 4.79 Å². The minimum atomic E-state index is -1.19. The number of esters is 1. The number of methoxy groups -OCH3 is 3. The maximum absolute atomic E-state index is 14.2. The van der Waals surface area contributed by atoms with E-state index in [0.29, 0.717) is 50.5 Å². The van der Waals surface area contributed by atoms with E-state index in [0.717, 1.165) is 5.57 Å². The summed E-state index contributed by atoms with van der Waals surface area (Å²) in [5, 5.41) is 34.6. The lowest BCUT2D eigenvalue weighted by Crippen LogP contribution is -2.55. The number of cyclic esters (lactones) is 1. The fourth-order valence-corrected chi connectivity index (χ4v) is 9.09. The van der Waals surface area contributed by atoms with Crippen LogP contribution in [0.15, 0.2) is 23.3 Å². The predicted molar refractivity (Wildman–Crippen MR) is 217 cm³/mol. The summed E-state index contributed by atoms with van der Waals surface area (Å²) < 4.78 is 29.2. The number of amides is 2. The highest BCUT2D eigenvalue weighted by molar-refractivity contribution is 7.80. The number of aliphatic hydroxyl groups is 3. The maximum Gasteiger partial charge on any atom is 0.329 e. The Morgan fingerprint density at radius 3 is 2.23 bits per heavy atom. The third-order valence-electron chi connectivity index (χ3n) is 12.0. The monoisotopic (exact) mass is 826 g/mol. The molecule has 2 unspecified atom stereocenters. The number of hydrogen-bond donors (Lipinski definition) is 5. The van der Waals surface area contributed by atoms with Gasteiger partial charge in [-0.1, -0.05) is 31.6 Å². The van der Waals surface area contributed by atoms with Gasteiger partial charge >= 0.3 is 17.8 Å². The molecule has 1 aliphatic carbocycles. The number of carbonyl (C=O) groups is 4.